The first-order valence-corrected chi connectivity index (χ1v) is 6.92. The van der Waals surface area contributed by atoms with Gasteiger partial charge in [-0.05, 0) is 56.1 Å². The number of rotatable bonds is 2. The Labute approximate surface area is 120 Å². The molecule has 1 aromatic rings. The number of amides is 2. The van der Waals surface area contributed by atoms with Crippen molar-refractivity contribution in [3.8, 4) is 0 Å². The van der Waals surface area contributed by atoms with Crippen LogP contribution in [-0.2, 0) is 20.6 Å². The van der Waals surface area contributed by atoms with Crippen LogP contribution in [0.15, 0.2) is 29.2 Å². The van der Waals surface area contributed by atoms with E-state index in [-0.39, 0.29) is 10.6 Å². The second kappa shape index (κ2) is 6.15. The highest BCUT2D eigenvalue weighted by molar-refractivity contribution is 7.79. The predicted molar refractivity (Wildman–Crippen MR) is 73.0 cm³/mol. The third-order valence-electron chi connectivity index (χ3n) is 2.18. The molecule has 0 saturated carbocycles. The number of benzene rings is 1. The van der Waals surface area contributed by atoms with Crippen molar-refractivity contribution in [1.29, 1.82) is 0 Å². The van der Waals surface area contributed by atoms with Crippen LogP contribution in [0.4, 0.5) is 10.5 Å². The number of carbonyl (C=O) groups excluding carboxylic acids is 2. The molecule has 1 atom stereocenters. The van der Waals surface area contributed by atoms with Gasteiger partial charge >= 0.3 is 6.09 Å². The quantitative estimate of drug-likeness (QED) is 0.781. The highest BCUT2D eigenvalue weighted by Crippen LogP contribution is 2.20. The van der Waals surface area contributed by atoms with Gasteiger partial charge in [0, 0.05) is 11.8 Å². The van der Waals surface area contributed by atoms with Crippen LogP contribution in [-0.4, -0.2) is 26.4 Å². The first-order chi connectivity index (χ1) is 9.11. The zero-order valence-corrected chi connectivity index (χ0v) is 12.5. The van der Waals surface area contributed by atoms with Crippen molar-refractivity contribution in [3.05, 3.63) is 24.3 Å². The van der Waals surface area contributed by atoms with Gasteiger partial charge in [0.1, 0.15) is 5.60 Å². The molecule has 2 amide bonds. The molecule has 0 bridgehead atoms. The molecule has 7 heteroatoms. The Bertz CT molecular complexity index is 533. The van der Waals surface area contributed by atoms with Crippen LogP contribution in [0.3, 0.4) is 0 Å². The molecule has 0 aliphatic heterocycles. The maximum absolute atomic E-state index is 12.0. The summed E-state index contributed by atoms with van der Waals surface area (Å²) in [4.78, 5) is 24.5. The van der Waals surface area contributed by atoms with Crippen molar-refractivity contribution in [2.24, 2.45) is 0 Å². The van der Waals surface area contributed by atoms with Gasteiger partial charge in [0.2, 0.25) is 5.91 Å². The van der Waals surface area contributed by atoms with Gasteiger partial charge in [-0.15, -0.1) is 0 Å². The van der Waals surface area contributed by atoms with E-state index in [9.17, 15) is 18.4 Å². The van der Waals surface area contributed by atoms with E-state index in [1.807, 2.05) is 0 Å². The van der Waals surface area contributed by atoms with E-state index in [0.717, 1.165) is 4.90 Å². The van der Waals surface area contributed by atoms with Gasteiger partial charge in [0.25, 0.3) is 0 Å². The molecule has 0 aliphatic rings. The van der Waals surface area contributed by atoms with Crippen molar-refractivity contribution in [1.82, 2.24) is 0 Å². The van der Waals surface area contributed by atoms with E-state index >= 15 is 0 Å². The summed E-state index contributed by atoms with van der Waals surface area (Å²) in [5.74, 6) is -0.518. The van der Waals surface area contributed by atoms with Gasteiger partial charge in [-0.1, -0.05) is 0 Å². The number of ether oxygens (including phenoxy) is 1. The summed E-state index contributed by atoms with van der Waals surface area (Å²) in [6.45, 7) is 6.29. The third kappa shape index (κ3) is 4.43. The molecule has 0 spiro atoms. The summed E-state index contributed by atoms with van der Waals surface area (Å²) >= 11 is -2.36. The fourth-order valence-electron chi connectivity index (χ4n) is 1.43. The fourth-order valence-corrected chi connectivity index (χ4v) is 1.79. The van der Waals surface area contributed by atoms with Gasteiger partial charge in [0.05, 0.1) is 5.69 Å². The number of imide groups is 1. The molecule has 0 radical (unpaired) electrons. The van der Waals surface area contributed by atoms with Gasteiger partial charge < -0.3 is 9.29 Å². The first kappa shape index (κ1) is 16.3. The number of nitrogens with zero attached hydrogens (tertiary/aromatic N) is 1. The molecule has 0 aromatic heterocycles. The minimum atomic E-state index is -2.36. The lowest BCUT2D eigenvalue weighted by atomic mass is 10.2. The Kier molecular flexibility index (Phi) is 5.02. The molecular weight excluding hydrogens is 282 g/mol. The van der Waals surface area contributed by atoms with Crippen LogP contribution < -0.4 is 4.90 Å². The number of hydrogen-bond acceptors (Lipinski definition) is 5. The molecule has 1 unspecified atom stereocenters. The van der Waals surface area contributed by atoms with Crippen LogP contribution in [0.2, 0.25) is 0 Å². The van der Waals surface area contributed by atoms with E-state index in [4.69, 9.17) is 4.74 Å². The van der Waals surface area contributed by atoms with Crippen molar-refractivity contribution >= 4 is 28.8 Å². The van der Waals surface area contributed by atoms with Crippen LogP contribution in [0.25, 0.3) is 0 Å². The van der Waals surface area contributed by atoms with E-state index in [0.29, 0.717) is 0 Å². The molecule has 0 saturated heterocycles. The van der Waals surface area contributed by atoms with Crippen molar-refractivity contribution in [2.45, 2.75) is 38.2 Å². The van der Waals surface area contributed by atoms with Crippen LogP contribution in [0.5, 0.6) is 0 Å². The lowest BCUT2D eigenvalue weighted by Gasteiger charge is -2.25. The average molecular weight is 298 g/mol. The summed E-state index contributed by atoms with van der Waals surface area (Å²) in [6, 6.07) is 5.35. The zero-order valence-electron chi connectivity index (χ0n) is 11.7. The van der Waals surface area contributed by atoms with Crippen LogP contribution in [0, 0.1) is 0 Å². The van der Waals surface area contributed by atoms with E-state index in [2.05, 4.69) is 0 Å². The third-order valence-corrected chi connectivity index (χ3v) is 2.84. The predicted octanol–water partition coefficient (Wildman–Crippen LogP) is 2.21. The standard InChI is InChI=1S/C13H17NO5S/c1-9(15)14(12(16)19-13(2,3)4)10-5-7-11(8-6-10)20(17)18/h5-8H,1-4H3,(H,17,18)/p-1. The molecular formula is C13H16NO5S-. The Hall–Kier alpha value is -1.73. The molecule has 1 rings (SSSR count). The summed E-state index contributed by atoms with van der Waals surface area (Å²) in [5.41, 5.74) is -0.484. The van der Waals surface area contributed by atoms with Crippen LogP contribution in [0.1, 0.15) is 27.7 Å². The number of hydrogen-bond donors (Lipinski definition) is 0. The molecule has 20 heavy (non-hydrogen) atoms. The lowest BCUT2D eigenvalue weighted by molar-refractivity contribution is -0.116. The largest absolute Gasteiger partial charge is 0.768 e. The van der Waals surface area contributed by atoms with E-state index in [1.165, 1.54) is 31.2 Å². The molecule has 1 aromatic carbocycles. The smallest absolute Gasteiger partial charge is 0.421 e. The van der Waals surface area contributed by atoms with Crippen molar-refractivity contribution < 1.29 is 23.1 Å². The summed E-state index contributed by atoms with van der Waals surface area (Å²) in [5, 5.41) is 0. The number of carbonyl (C=O) groups is 2. The van der Waals surface area contributed by atoms with Crippen LogP contribution >= 0.6 is 0 Å². The molecule has 0 N–H and O–H groups in total. The normalized spacial score (nSPS) is 12.7. The van der Waals surface area contributed by atoms with E-state index in [1.54, 1.807) is 20.8 Å². The highest BCUT2D eigenvalue weighted by atomic mass is 32.2. The maximum atomic E-state index is 12.0. The summed E-state index contributed by atoms with van der Waals surface area (Å²) < 4.78 is 26.7. The average Bonchev–Trinajstić information content (AvgIpc) is 2.26. The van der Waals surface area contributed by atoms with Crippen molar-refractivity contribution in [3.63, 3.8) is 0 Å². The van der Waals surface area contributed by atoms with Gasteiger partial charge in [0.15, 0.2) is 0 Å². The number of anilines is 1. The Morgan fingerprint density at radius 1 is 1.20 bits per heavy atom. The molecule has 6 nitrogen and oxygen atoms in total. The first-order valence-electron chi connectivity index (χ1n) is 5.85. The second-order valence-corrected chi connectivity index (χ2v) is 6.00. The van der Waals surface area contributed by atoms with Gasteiger partial charge in [-0.25, -0.2) is 9.69 Å². The Morgan fingerprint density at radius 2 is 1.70 bits per heavy atom. The Morgan fingerprint density at radius 3 is 2.05 bits per heavy atom. The lowest BCUT2D eigenvalue weighted by Crippen LogP contribution is -2.39. The summed E-state index contributed by atoms with van der Waals surface area (Å²) in [7, 11) is 0. The monoisotopic (exact) mass is 298 g/mol. The minimum absolute atomic E-state index is 0.0708. The maximum Gasteiger partial charge on any atom is 0.421 e. The Balaban J connectivity index is 3.05. The van der Waals surface area contributed by atoms with Crippen molar-refractivity contribution in [2.75, 3.05) is 4.90 Å². The highest BCUT2D eigenvalue weighted by Gasteiger charge is 2.26. The SMILES string of the molecule is CC(=O)N(C(=O)OC(C)(C)C)c1ccc(S(=O)[O-])cc1. The molecule has 0 aliphatic carbocycles. The topological polar surface area (TPSA) is 86.7 Å². The zero-order chi connectivity index (χ0) is 15.5. The minimum Gasteiger partial charge on any atom is -0.768 e. The van der Waals surface area contributed by atoms with Gasteiger partial charge in [-0.2, -0.15) is 0 Å². The second-order valence-electron chi connectivity index (χ2n) is 5.06. The summed E-state index contributed by atoms with van der Waals surface area (Å²) in [6.07, 6.45) is -0.805. The van der Waals surface area contributed by atoms with E-state index < -0.39 is 28.7 Å². The fraction of sp³-hybridized carbons (Fsp3) is 0.385. The van der Waals surface area contributed by atoms with Gasteiger partial charge in [-0.3, -0.25) is 9.00 Å². The molecule has 110 valence electrons. The molecule has 0 fully saturated rings. The molecule has 0 heterocycles.